The van der Waals surface area contributed by atoms with Gasteiger partial charge in [0.2, 0.25) is 0 Å². The molecule has 2 aromatic rings. The van der Waals surface area contributed by atoms with Crippen LogP contribution in [0.1, 0.15) is 23.2 Å². The summed E-state index contributed by atoms with van der Waals surface area (Å²) < 4.78 is 0. The number of fused-ring (bicyclic) bond motifs is 3. The fourth-order valence-electron chi connectivity index (χ4n) is 3.34. The normalized spacial score (nSPS) is 28.9. The number of piperidine rings is 1. The Morgan fingerprint density at radius 1 is 1.37 bits per heavy atom. The van der Waals surface area contributed by atoms with E-state index < -0.39 is 0 Å². The lowest BCUT2D eigenvalue weighted by Crippen LogP contribution is -2.47. The summed E-state index contributed by atoms with van der Waals surface area (Å²) in [6.45, 7) is 1.11. The van der Waals surface area contributed by atoms with E-state index in [4.69, 9.17) is 0 Å². The number of amides is 1. The SMILES string of the molecule is O=C(NC1CC2CNC1C2)c1ccc2cn[nH]c2c1. The number of carbonyl (C=O) groups is 1. The van der Waals surface area contributed by atoms with Gasteiger partial charge in [-0.15, -0.1) is 0 Å². The first-order valence-corrected chi connectivity index (χ1v) is 6.77. The molecule has 3 N–H and O–H groups in total. The molecule has 2 heterocycles. The van der Waals surface area contributed by atoms with E-state index in [1.165, 1.54) is 6.42 Å². The Hall–Kier alpha value is -1.88. The van der Waals surface area contributed by atoms with Gasteiger partial charge in [-0.2, -0.15) is 5.10 Å². The fraction of sp³-hybridized carbons (Fsp3) is 0.429. The van der Waals surface area contributed by atoms with Gasteiger partial charge in [0.25, 0.3) is 5.91 Å². The van der Waals surface area contributed by atoms with Crippen LogP contribution in [0, 0.1) is 5.92 Å². The van der Waals surface area contributed by atoms with Crippen LogP contribution in [-0.2, 0) is 0 Å². The summed E-state index contributed by atoms with van der Waals surface area (Å²) >= 11 is 0. The van der Waals surface area contributed by atoms with E-state index in [2.05, 4.69) is 20.8 Å². The molecule has 1 saturated heterocycles. The van der Waals surface area contributed by atoms with Gasteiger partial charge in [0.05, 0.1) is 11.7 Å². The molecule has 1 saturated carbocycles. The lowest BCUT2D eigenvalue weighted by Gasteiger charge is -2.23. The summed E-state index contributed by atoms with van der Waals surface area (Å²) in [7, 11) is 0. The molecule has 5 heteroatoms. The van der Waals surface area contributed by atoms with E-state index in [9.17, 15) is 4.79 Å². The smallest absolute Gasteiger partial charge is 0.251 e. The van der Waals surface area contributed by atoms with Gasteiger partial charge >= 0.3 is 0 Å². The monoisotopic (exact) mass is 256 g/mol. The third-order valence-electron chi connectivity index (χ3n) is 4.35. The van der Waals surface area contributed by atoms with Gasteiger partial charge in [0.1, 0.15) is 0 Å². The molecule has 3 unspecified atom stereocenters. The molecule has 3 atom stereocenters. The molecule has 1 aromatic heterocycles. The maximum Gasteiger partial charge on any atom is 0.251 e. The number of aromatic nitrogens is 2. The number of carbonyl (C=O) groups excluding carboxylic acids is 1. The van der Waals surface area contributed by atoms with Gasteiger partial charge < -0.3 is 10.6 Å². The van der Waals surface area contributed by atoms with Crippen molar-refractivity contribution in [2.45, 2.75) is 24.9 Å². The van der Waals surface area contributed by atoms with Crippen molar-refractivity contribution < 1.29 is 4.79 Å². The third-order valence-corrected chi connectivity index (χ3v) is 4.35. The average Bonchev–Trinajstić information content (AvgIpc) is 3.13. The lowest BCUT2D eigenvalue weighted by atomic mass is 10.1. The zero-order chi connectivity index (χ0) is 12.8. The second-order valence-corrected chi connectivity index (χ2v) is 5.60. The number of aromatic amines is 1. The second-order valence-electron chi connectivity index (χ2n) is 5.60. The van der Waals surface area contributed by atoms with E-state index in [1.54, 1.807) is 6.20 Å². The van der Waals surface area contributed by atoms with Gasteiger partial charge in [0, 0.05) is 23.0 Å². The Balaban J connectivity index is 1.53. The number of nitrogens with one attached hydrogen (secondary N) is 3. The Morgan fingerprint density at radius 3 is 3.11 bits per heavy atom. The van der Waals surface area contributed by atoms with Crippen LogP contribution in [0.2, 0.25) is 0 Å². The maximum atomic E-state index is 12.3. The van der Waals surface area contributed by atoms with Crippen LogP contribution in [0.25, 0.3) is 10.9 Å². The van der Waals surface area contributed by atoms with Gasteiger partial charge in [-0.3, -0.25) is 9.89 Å². The molecule has 98 valence electrons. The zero-order valence-electron chi connectivity index (χ0n) is 10.5. The quantitative estimate of drug-likeness (QED) is 0.752. The van der Waals surface area contributed by atoms with Crippen LogP contribution < -0.4 is 10.6 Å². The number of rotatable bonds is 2. The number of benzene rings is 1. The fourth-order valence-corrected chi connectivity index (χ4v) is 3.34. The average molecular weight is 256 g/mol. The molecule has 0 spiro atoms. The molecule has 2 fully saturated rings. The minimum absolute atomic E-state index is 0.0100. The highest BCUT2D eigenvalue weighted by Gasteiger charge is 2.39. The second kappa shape index (κ2) is 4.06. The summed E-state index contributed by atoms with van der Waals surface area (Å²) in [6.07, 6.45) is 4.07. The molecule has 1 amide bonds. The van der Waals surface area contributed by atoms with Crippen molar-refractivity contribution in [2.24, 2.45) is 5.92 Å². The van der Waals surface area contributed by atoms with E-state index in [0.29, 0.717) is 11.6 Å². The molecule has 5 nitrogen and oxygen atoms in total. The largest absolute Gasteiger partial charge is 0.348 e. The maximum absolute atomic E-state index is 12.3. The van der Waals surface area contributed by atoms with Crippen molar-refractivity contribution in [3.05, 3.63) is 30.0 Å². The molecule has 19 heavy (non-hydrogen) atoms. The van der Waals surface area contributed by atoms with Gasteiger partial charge in [0.15, 0.2) is 0 Å². The van der Waals surface area contributed by atoms with E-state index in [1.807, 2.05) is 18.2 Å². The van der Waals surface area contributed by atoms with Crippen molar-refractivity contribution in [1.29, 1.82) is 0 Å². The van der Waals surface area contributed by atoms with Gasteiger partial charge in [-0.05, 0) is 37.4 Å². The first-order chi connectivity index (χ1) is 9.29. The first kappa shape index (κ1) is 11.0. The van der Waals surface area contributed by atoms with Gasteiger partial charge in [-0.1, -0.05) is 6.07 Å². The Kier molecular flexibility index (Phi) is 2.35. The van der Waals surface area contributed by atoms with E-state index >= 15 is 0 Å². The van der Waals surface area contributed by atoms with E-state index in [0.717, 1.165) is 29.8 Å². The highest BCUT2D eigenvalue weighted by Crippen LogP contribution is 2.31. The predicted octanol–water partition coefficient (Wildman–Crippen LogP) is 1.04. The summed E-state index contributed by atoms with van der Waals surface area (Å²) in [5, 5.41) is 14.5. The molecule has 2 bridgehead atoms. The molecule has 1 aromatic carbocycles. The molecular weight excluding hydrogens is 240 g/mol. The minimum atomic E-state index is 0.0100. The van der Waals surface area contributed by atoms with Crippen molar-refractivity contribution in [3.8, 4) is 0 Å². The molecule has 0 radical (unpaired) electrons. The molecule has 2 aliphatic rings. The van der Waals surface area contributed by atoms with Crippen LogP contribution in [0.15, 0.2) is 24.4 Å². The van der Waals surface area contributed by atoms with Crippen LogP contribution in [0.3, 0.4) is 0 Å². The van der Waals surface area contributed by atoms with Crippen LogP contribution >= 0.6 is 0 Å². The van der Waals surface area contributed by atoms with Crippen LogP contribution in [0.5, 0.6) is 0 Å². The number of hydrogen-bond acceptors (Lipinski definition) is 3. The summed E-state index contributed by atoms with van der Waals surface area (Å²) in [6, 6.07) is 6.38. The van der Waals surface area contributed by atoms with Crippen molar-refractivity contribution in [3.63, 3.8) is 0 Å². The van der Waals surface area contributed by atoms with Gasteiger partial charge in [-0.25, -0.2) is 0 Å². The molecular formula is C14H16N4O. The Labute approximate surface area is 110 Å². The number of nitrogens with zero attached hydrogens (tertiary/aromatic N) is 1. The highest BCUT2D eigenvalue weighted by atomic mass is 16.1. The highest BCUT2D eigenvalue weighted by molar-refractivity contribution is 5.97. The zero-order valence-corrected chi connectivity index (χ0v) is 10.5. The van der Waals surface area contributed by atoms with Crippen molar-refractivity contribution in [2.75, 3.05) is 6.54 Å². The molecule has 1 aliphatic heterocycles. The standard InChI is InChI=1S/C14H16N4O/c19-14(17-13-4-8-3-12(13)15-6-8)9-1-2-10-7-16-18-11(10)5-9/h1-2,5,7-8,12-13,15H,3-4,6H2,(H,16,18)(H,17,19). The Morgan fingerprint density at radius 2 is 2.32 bits per heavy atom. The lowest BCUT2D eigenvalue weighted by molar-refractivity contribution is 0.0928. The molecule has 1 aliphatic carbocycles. The topological polar surface area (TPSA) is 69.8 Å². The summed E-state index contributed by atoms with van der Waals surface area (Å²) in [4.78, 5) is 12.3. The van der Waals surface area contributed by atoms with Crippen molar-refractivity contribution in [1.82, 2.24) is 20.8 Å². The third kappa shape index (κ3) is 1.81. The minimum Gasteiger partial charge on any atom is -0.348 e. The summed E-state index contributed by atoms with van der Waals surface area (Å²) in [5.41, 5.74) is 1.60. The van der Waals surface area contributed by atoms with Crippen molar-refractivity contribution >= 4 is 16.8 Å². The number of H-pyrrole nitrogens is 1. The Bertz CT molecular complexity index is 635. The van der Waals surface area contributed by atoms with Crippen LogP contribution in [0.4, 0.5) is 0 Å². The van der Waals surface area contributed by atoms with E-state index in [-0.39, 0.29) is 11.9 Å². The van der Waals surface area contributed by atoms with Crippen LogP contribution in [-0.4, -0.2) is 34.7 Å². The number of hydrogen-bond donors (Lipinski definition) is 3. The predicted molar refractivity (Wildman–Crippen MR) is 71.9 cm³/mol. The first-order valence-electron chi connectivity index (χ1n) is 6.77. The summed E-state index contributed by atoms with van der Waals surface area (Å²) in [5.74, 6) is 0.751. The molecule has 4 rings (SSSR count).